The Morgan fingerprint density at radius 3 is 2.21 bits per heavy atom. The van der Waals surface area contributed by atoms with E-state index >= 15 is 0 Å². The second-order valence-electron chi connectivity index (χ2n) is 2.76. The van der Waals surface area contributed by atoms with Gasteiger partial charge in [0.05, 0.1) is 0 Å². The Morgan fingerprint density at radius 1 is 1.21 bits per heavy atom. The third-order valence-corrected chi connectivity index (χ3v) is 1.54. The summed E-state index contributed by atoms with van der Waals surface area (Å²) < 4.78 is 0. The van der Waals surface area contributed by atoms with Crippen LogP contribution in [0.1, 0.15) is 19.8 Å². The summed E-state index contributed by atoms with van der Waals surface area (Å²) in [5.41, 5.74) is 0. The number of hydrogen-bond acceptors (Lipinski definition) is 2. The minimum absolute atomic E-state index is 0.898. The molecule has 4 heteroatoms. The molecule has 0 amide bonds. The van der Waals surface area contributed by atoms with Crippen LogP contribution in [0.4, 0.5) is 0 Å². The van der Waals surface area contributed by atoms with Crippen molar-refractivity contribution in [3.05, 3.63) is 24.3 Å². The minimum atomic E-state index is -1.46. The van der Waals surface area contributed by atoms with Crippen molar-refractivity contribution in [2.75, 3.05) is 0 Å². The molecule has 0 heterocycles. The van der Waals surface area contributed by atoms with E-state index in [4.69, 9.17) is 10.2 Å². The van der Waals surface area contributed by atoms with E-state index in [9.17, 15) is 9.59 Å². The predicted molar refractivity (Wildman–Crippen MR) is 51.9 cm³/mol. The summed E-state index contributed by atoms with van der Waals surface area (Å²) in [6.07, 6.45) is 8.01. The maximum atomic E-state index is 10.4. The van der Waals surface area contributed by atoms with E-state index in [2.05, 4.69) is 0 Å². The van der Waals surface area contributed by atoms with Crippen molar-refractivity contribution >= 4 is 11.9 Å². The van der Waals surface area contributed by atoms with Crippen molar-refractivity contribution in [3.63, 3.8) is 0 Å². The third kappa shape index (κ3) is 5.13. The number of hydrogen-bond donors (Lipinski definition) is 2. The van der Waals surface area contributed by atoms with Gasteiger partial charge in [-0.2, -0.15) is 0 Å². The van der Waals surface area contributed by atoms with Crippen LogP contribution in [0.5, 0.6) is 0 Å². The topological polar surface area (TPSA) is 74.6 Å². The van der Waals surface area contributed by atoms with Crippen molar-refractivity contribution in [3.8, 4) is 0 Å². The van der Waals surface area contributed by atoms with E-state index in [-0.39, 0.29) is 0 Å². The summed E-state index contributed by atoms with van der Waals surface area (Å²) in [7, 11) is 0. The van der Waals surface area contributed by atoms with Crippen LogP contribution in [0.15, 0.2) is 24.3 Å². The fourth-order valence-electron chi connectivity index (χ4n) is 0.787. The second-order valence-corrected chi connectivity index (χ2v) is 2.76. The van der Waals surface area contributed by atoms with Gasteiger partial charge < -0.3 is 10.2 Å². The lowest BCUT2D eigenvalue weighted by Crippen LogP contribution is -2.20. The Hall–Kier alpha value is -1.58. The Kier molecular flexibility index (Phi) is 6.11. The number of carbonyl (C=O) groups is 2. The van der Waals surface area contributed by atoms with E-state index < -0.39 is 17.9 Å². The molecule has 0 spiro atoms. The Labute approximate surface area is 82.6 Å². The summed E-state index contributed by atoms with van der Waals surface area (Å²) in [5.74, 6) is -4.16. The van der Waals surface area contributed by atoms with Crippen molar-refractivity contribution in [2.45, 2.75) is 19.8 Å². The first-order valence-electron chi connectivity index (χ1n) is 4.38. The van der Waals surface area contributed by atoms with E-state index in [1.807, 2.05) is 13.0 Å². The van der Waals surface area contributed by atoms with Gasteiger partial charge >= 0.3 is 11.9 Å². The molecule has 0 fully saturated rings. The first-order valence-corrected chi connectivity index (χ1v) is 4.38. The van der Waals surface area contributed by atoms with Gasteiger partial charge in [0.2, 0.25) is 0 Å². The van der Waals surface area contributed by atoms with Crippen molar-refractivity contribution in [1.29, 1.82) is 0 Å². The normalized spacial score (nSPS) is 11.6. The van der Waals surface area contributed by atoms with Crippen LogP contribution < -0.4 is 0 Å². The predicted octanol–water partition coefficient (Wildman–Crippen LogP) is 1.68. The molecule has 0 aliphatic carbocycles. The van der Waals surface area contributed by atoms with Gasteiger partial charge in [-0.15, -0.1) is 0 Å². The molecule has 78 valence electrons. The molecule has 14 heavy (non-hydrogen) atoms. The summed E-state index contributed by atoms with van der Waals surface area (Å²) in [6, 6.07) is 0. The molecule has 0 rings (SSSR count). The van der Waals surface area contributed by atoms with Gasteiger partial charge in [0.15, 0.2) is 5.92 Å². The molecule has 2 N–H and O–H groups in total. The molecule has 0 aliphatic rings. The van der Waals surface area contributed by atoms with E-state index in [0.717, 1.165) is 18.9 Å². The lowest BCUT2D eigenvalue weighted by molar-refractivity contribution is -0.151. The molecule has 0 aliphatic heterocycles. The summed E-state index contributed by atoms with van der Waals surface area (Å²) >= 11 is 0. The van der Waals surface area contributed by atoms with Crippen molar-refractivity contribution in [2.24, 2.45) is 5.92 Å². The summed E-state index contributed by atoms with van der Waals surface area (Å²) in [5, 5.41) is 17.0. The largest absolute Gasteiger partial charge is 0.480 e. The molecule has 0 aromatic rings. The van der Waals surface area contributed by atoms with Crippen LogP contribution in [-0.4, -0.2) is 22.2 Å². The number of aliphatic carboxylic acids is 2. The second kappa shape index (κ2) is 6.88. The number of unbranched alkanes of at least 4 members (excludes halogenated alkanes) is 1. The first-order chi connectivity index (χ1) is 6.59. The minimum Gasteiger partial charge on any atom is -0.480 e. The molecule has 0 unspecified atom stereocenters. The van der Waals surface area contributed by atoms with Gasteiger partial charge in [-0.25, -0.2) is 0 Å². The van der Waals surface area contributed by atoms with Gasteiger partial charge in [0.25, 0.3) is 0 Å². The standard InChI is InChI=1S/C10H14O4/c1-2-3-4-5-6-7-8(9(11)12)10(13)14/h4-8H,2-3H2,1H3,(H,11,12)(H,13,14)/b5-4+,7-6+. The van der Waals surface area contributed by atoms with Crippen molar-refractivity contribution < 1.29 is 19.8 Å². The monoisotopic (exact) mass is 198 g/mol. The summed E-state index contributed by atoms with van der Waals surface area (Å²) in [6.45, 7) is 2.02. The third-order valence-electron chi connectivity index (χ3n) is 1.54. The molecular weight excluding hydrogens is 184 g/mol. The zero-order valence-corrected chi connectivity index (χ0v) is 8.01. The molecular formula is C10H14O4. The lowest BCUT2D eigenvalue weighted by Gasteiger charge is -1.98. The molecule has 0 saturated carbocycles. The van der Waals surface area contributed by atoms with Gasteiger partial charge in [-0.1, -0.05) is 37.6 Å². The molecule has 0 aromatic carbocycles. The Balaban J connectivity index is 4.17. The molecule has 0 saturated heterocycles. The Bertz CT molecular complexity index is 239. The molecule has 0 bridgehead atoms. The van der Waals surface area contributed by atoms with Gasteiger partial charge in [-0.05, 0) is 6.42 Å². The Morgan fingerprint density at radius 2 is 1.79 bits per heavy atom. The average Bonchev–Trinajstić information content (AvgIpc) is 2.09. The molecule has 4 nitrogen and oxygen atoms in total. The average molecular weight is 198 g/mol. The molecule has 0 atom stereocenters. The van der Waals surface area contributed by atoms with Crippen molar-refractivity contribution in [1.82, 2.24) is 0 Å². The highest BCUT2D eigenvalue weighted by molar-refractivity contribution is 5.95. The highest BCUT2D eigenvalue weighted by Gasteiger charge is 2.21. The number of carboxylic acid groups (broad SMARTS) is 2. The van der Waals surface area contributed by atoms with E-state index in [1.54, 1.807) is 6.08 Å². The van der Waals surface area contributed by atoms with E-state index in [1.165, 1.54) is 6.08 Å². The molecule has 0 radical (unpaired) electrons. The zero-order chi connectivity index (χ0) is 11.0. The summed E-state index contributed by atoms with van der Waals surface area (Å²) in [4.78, 5) is 20.8. The number of carboxylic acids is 2. The quantitative estimate of drug-likeness (QED) is 0.503. The van der Waals surface area contributed by atoms with Crippen LogP contribution in [0, 0.1) is 5.92 Å². The highest BCUT2D eigenvalue weighted by atomic mass is 16.4. The highest BCUT2D eigenvalue weighted by Crippen LogP contribution is 2.00. The SMILES string of the molecule is CCC/C=C/C=C/C(C(=O)O)C(=O)O. The number of allylic oxidation sites excluding steroid dienone is 3. The van der Waals surface area contributed by atoms with Crippen LogP contribution in [0.3, 0.4) is 0 Å². The maximum absolute atomic E-state index is 10.4. The van der Waals surface area contributed by atoms with E-state index in [0.29, 0.717) is 0 Å². The van der Waals surface area contributed by atoms with Crippen LogP contribution in [0.2, 0.25) is 0 Å². The lowest BCUT2D eigenvalue weighted by atomic mass is 10.1. The van der Waals surface area contributed by atoms with Crippen LogP contribution in [-0.2, 0) is 9.59 Å². The van der Waals surface area contributed by atoms with Gasteiger partial charge in [0, 0.05) is 0 Å². The molecule has 0 aromatic heterocycles. The van der Waals surface area contributed by atoms with Gasteiger partial charge in [0.1, 0.15) is 0 Å². The van der Waals surface area contributed by atoms with Gasteiger partial charge in [-0.3, -0.25) is 9.59 Å². The number of rotatable bonds is 6. The first kappa shape index (κ1) is 12.4. The van der Waals surface area contributed by atoms with Crippen LogP contribution >= 0.6 is 0 Å². The maximum Gasteiger partial charge on any atom is 0.321 e. The smallest absolute Gasteiger partial charge is 0.321 e. The van der Waals surface area contributed by atoms with Crippen LogP contribution in [0.25, 0.3) is 0 Å². The fourth-order valence-corrected chi connectivity index (χ4v) is 0.787. The zero-order valence-electron chi connectivity index (χ0n) is 8.01. The fraction of sp³-hybridized carbons (Fsp3) is 0.400.